The zero-order chi connectivity index (χ0) is 16.8. The number of hydrogen-bond donors (Lipinski definition) is 2. The maximum absolute atomic E-state index is 5.96. The van der Waals surface area contributed by atoms with E-state index in [1.807, 2.05) is 18.2 Å². The summed E-state index contributed by atoms with van der Waals surface area (Å²) in [6, 6.07) is 11.8. The number of nitrogens with two attached hydrogens (primary N) is 1. The van der Waals surface area contributed by atoms with E-state index in [0.29, 0.717) is 24.0 Å². The maximum atomic E-state index is 5.96. The predicted molar refractivity (Wildman–Crippen MR) is 110 cm³/mol. The molecule has 0 amide bonds. The van der Waals surface area contributed by atoms with Crippen LogP contribution in [0.5, 0.6) is 11.5 Å². The average Bonchev–Trinajstić information content (AvgIpc) is 2.54. The quantitative estimate of drug-likeness (QED) is 0.420. The van der Waals surface area contributed by atoms with Gasteiger partial charge in [0.1, 0.15) is 0 Å². The van der Waals surface area contributed by atoms with E-state index in [-0.39, 0.29) is 24.0 Å². The summed E-state index contributed by atoms with van der Waals surface area (Å²) in [5.74, 6) is 1.67. The van der Waals surface area contributed by atoms with Crippen molar-refractivity contribution in [1.82, 2.24) is 0 Å². The lowest BCUT2D eigenvalue weighted by molar-refractivity contribution is 0.355. The second kappa shape index (κ2) is 9.36. The molecule has 24 heavy (non-hydrogen) atoms. The molecule has 0 spiro atoms. The number of methoxy groups -OCH3 is 2. The van der Waals surface area contributed by atoms with Crippen LogP contribution in [-0.4, -0.2) is 20.2 Å². The summed E-state index contributed by atoms with van der Waals surface area (Å²) in [5, 5.41) is 3.06. The van der Waals surface area contributed by atoms with Gasteiger partial charge in [-0.2, -0.15) is 0 Å². The number of ether oxygens (including phenoxy) is 2. The van der Waals surface area contributed by atoms with Crippen LogP contribution in [0.3, 0.4) is 0 Å². The van der Waals surface area contributed by atoms with E-state index in [2.05, 4.69) is 42.4 Å². The minimum atomic E-state index is 0. The molecule has 0 bridgehead atoms. The third-order valence-electron chi connectivity index (χ3n) is 3.57. The Morgan fingerprint density at radius 1 is 1.04 bits per heavy atom. The Bertz CT molecular complexity index is 717. The summed E-state index contributed by atoms with van der Waals surface area (Å²) >= 11 is 0. The molecule has 2 aromatic carbocycles. The van der Waals surface area contributed by atoms with Crippen LogP contribution in [0, 0.1) is 13.8 Å². The van der Waals surface area contributed by atoms with E-state index >= 15 is 0 Å². The van der Waals surface area contributed by atoms with Gasteiger partial charge < -0.3 is 20.5 Å². The fraction of sp³-hybridized carbons (Fsp3) is 0.278. The molecule has 0 unspecified atom stereocenters. The summed E-state index contributed by atoms with van der Waals surface area (Å²) in [7, 11) is 3.20. The van der Waals surface area contributed by atoms with Gasteiger partial charge in [-0.05, 0) is 37.1 Å². The number of benzene rings is 2. The van der Waals surface area contributed by atoms with Crippen molar-refractivity contribution in [1.29, 1.82) is 0 Å². The number of guanidine groups is 1. The van der Waals surface area contributed by atoms with Crippen molar-refractivity contribution in [2.45, 2.75) is 20.4 Å². The topological polar surface area (TPSA) is 68.9 Å². The Hall–Kier alpha value is -1.96. The molecule has 3 N–H and O–H groups in total. The van der Waals surface area contributed by atoms with Gasteiger partial charge in [-0.1, -0.05) is 23.8 Å². The van der Waals surface area contributed by atoms with Crippen molar-refractivity contribution < 1.29 is 9.47 Å². The molecule has 0 saturated heterocycles. The molecule has 0 heterocycles. The van der Waals surface area contributed by atoms with Gasteiger partial charge in [-0.3, -0.25) is 0 Å². The van der Waals surface area contributed by atoms with Gasteiger partial charge in [-0.15, -0.1) is 24.0 Å². The molecule has 130 valence electrons. The highest BCUT2D eigenvalue weighted by atomic mass is 127. The molecule has 5 nitrogen and oxygen atoms in total. The van der Waals surface area contributed by atoms with Crippen LogP contribution in [-0.2, 0) is 6.54 Å². The van der Waals surface area contributed by atoms with Crippen molar-refractivity contribution in [3.05, 3.63) is 53.1 Å². The van der Waals surface area contributed by atoms with Crippen molar-refractivity contribution in [3.63, 3.8) is 0 Å². The fourth-order valence-corrected chi connectivity index (χ4v) is 2.29. The average molecular weight is 441 g/mol. The summed E-state index contributed by atoms with van der Waals surface area (Å²) in [6.45, 7) is 4.70. The Morgan fingerprint density at radius 2 is 1.75 bits per heavy atom. The minimum Gasteiger partial charge on any atom is -0.493 e. The van der Waals surface area contributed by atoms with E-state index in [0.717, 1.165) is 11.3 Å². The molecule has 6 heteroatoms. The van der Waals surface area contributed by atoms with Gasteiger partial charge in [0.15, 0.2) is 17.5 Å². The number of nitrogens with zero attached hydrogens (tertiary/aromatic N) is 1. The molecule has 0 radical (unpaired) electrons. The molecule has 0 aliphatic rings. The highest BCUT2D eigenvalue weighted by Crippen LogP contribution is 2.29. The molecular formula is C18H24IN3O2. The van der Waals surface area contributed by atoms with E-state index in [9.17, 15) is 0 Å². The second-order valence-corrected chi connectivity index (χ2v) is 5.33. The van der Waals surface area contributed by atoms with Gasteiger partial charge in [-0.25, -0.2) is 4.99 Å². The van der Waals surface area contributed by atoms with Crippen molar-refractivity contribution >= 4 is 35.6 Å². The SMILES string of the molecule is COc1ccc(NC(N)=NCc2ccc(C)cc2C)cc1OC.I. The summed E-state index contributed by atoms with van der Waals surface area (Å²) in [6.07, 6.45) is 0. The van der Waals surface area contributed by atoms with Crippen LogP contribution in [0.1, 0.15) is 16.7 Å². The first-order valence-corrected chi connectivity index (χ1v) is 7.38. The molecule has 2 rings (SSSR count). The number of halogens is 1. The molecule has 0 saturated carbocycles. The van der Waals surface area contributed by atoms with Gasteiger partial charge in [0.25, 0.3) is 0 Å². The van der Waals surface area contributed by atoms with Gasteiger partial charge in [0, 0.05) is 11.8 Å². The van der Waals surface area contributed by atoms with Gasteiger partial charge >= 0.3 is 0 Å². The third-order valence-corrected chi connectivity index (χ3v) is 3.57. The lowest BCUT2D eigenvalue weighted by Gasteiger charge is -2.11. The number of hydrogen-bond acceptors (Lipinski definition) is 3. The smallest absolute Gasteiger partial charge is 0.193 e. The van der Waals surface area contributed by atoms with Crippen LogP contribution in [0.2, 0.25) is 0 Å². The predicted octanol–water partition coefficient (Wildman–Crippen LogP) is 3.87. The highest BCUT2D eigenvalue weighted by Gasteiger charge is 2.05. The number of nitrogens with one attached hydrogen (secondary N) is 1. The van der Waals surface area contributed by atoms with E-state index < -0.39 is 0 Å². The van der Waals surface area contributed by atoms with Gasteiger partial charge in [0.05, 0.1) is 20.8 Å². The van der Waals surface area contributed by atoms with E-state index in [1.165, 1.54) is 11.1 Å². The first-order valence-electron chi connectivity index (χ1n) is 7.38. The maximum Gasteiger partial charge on any atom is 0.193 e. The monoisotopic (exact) mass is 441 g/mol. The Labute approximate surface area is 160 Å². The van der Waals surface area contributed by atoms with Crippen molar-refractivity contribution in [2.75, 3.05) is 19.5 Å². The summed E-state index contributed by atoms with van der Waals surface area (Å²) < 4.78 is 10.5. The van der Waals surface area contributed by atoms with Gasteiger partial charge in [0.2, 0.25) is 0 Å². The van der Waals surface area contributed by atoms with Crippen LogP contribution in [0.15, 0.2) is 41.4 Å². The standard InChI is InChI=1S/C18H23N3O2.HI/c1-12-5-6-14(13(2)9-12)11-20-18(19)21-15-7-8-16(22-3)17(10-15)23-4;/h5-10H,11H2,1-4H3,(H3,19,20,21);1H. The number of aryl methyl sites for hydroxylation is 2. The number of rotatable bonds is 5. The Balaban J connectivity index is 0.00000288. The fourth-order valence-electron chi connectivity index (χ4n) is 2.29. The number of aliphatic imine (C=N–C) groups is 1. The molecular weight excluding hydrogens is 417 g/mol. The second-order valence-electron chi connectivity index (χ2n) is 5.33. The Morgan fingerprint density at radius 3 is 2.38 bits per heavy atom. The first kappa shape index (κ1) is 20.1. The largest absolute Gasteiger partial charge is 0.493 e. The van der Waals surface area contributed by atoms with Crippen LogP contribution < -0.4 is 20.5 Å². The third kappa shape index (κ3) is 5.30. The van der Waals surface area contributed by atoms with E-state index in [4.69, 9.17) is 15.2 Å². The van der Waals surface area contributed by atoms with Crippen LogP contribution in [0.4, 0.5) is 5.69 Å². The molecule has 0 aromatic heterocycles. The zero-order valence-corrected chi connectivity index (χ0v) is 16.8. The van der Waals surface area contributed by atoms with E-state index in [1.54, 1.807) is 14.2 Å². The molecule has 0 aliphatic carbocycles. The highest BCUT2D eigenvalue weighted by molar-refractivity contribution is 14.0. The van der Waals surface area contributed by atoms with Crippen LogP contribution >= 0.6 is 24.0 Å². The zero-order valence-electron chi connectivity index (χ0n) is 14.4. The molecule has 2 aromatic rings. The van der Waals surface area contributed by atoms with Crippen LogP contribution in [0.25, 0.3) is 0 Å². The molecule has 0 atom stereocenters. The normalized spacial score (nSPS) is 10.8. The molecule has 0 aliphatic heterocycles. The summed E-state index contributed by atoms with van der Waals surface area (Å²) in [5.41, 5.74) is 10.4. The minimum absolute atomic E-state index is 0. The Kier molecular flexibility index (Phi) is 7.84. The number of anilines is 1. The lowest BCUT2D eigenvalue weighted by Crippen LogP contribution is -2.22. The van der Waals surface area contributed by atoms with Crippen molar-refractivity contribution in [3.8, 4) is 11.5 Å². The first-order chi connectivity index (χ1) is 11.0. The molecule has 0 fully saturated rings. The summed E-state index contributed by atoms with van der Waals surface area (Å²) in [4.78, 5) is 4.39. The van der Waals surface area contributed by atoms with Crippen molar-refractivity contribution in [2.24, 2.45) is 10.7 Å². The lowest BCUT2D eigenvalue weighted by atomic mass is 10.1.